The number of hydrogen-bond acceptors (Lipinski definition) is 3. The summed E-state index contributed by atoms with van der Waals surface area (Å²) in [6.45, 7) is 3.57. The van der Waals surface area contributed by atoms with Crippen LogP contribution in [0.2, 0.25) is 0 Å². The van der Waals surface area contributed by atoms with E-state index in [9.17, 15) is 5.11 Å². The highest BCUT2D eigenvalue weighted by atomic mass is 16.3. The first-order chi connectivity index (χ1) is 10.8. The summed E-state index contributed by atoms with van der Waals surface area (Å²) in [5, 5.41) is 13.4. The van der Waals surface area contributed by atoms with Gasteiger partial charge in [0.15, 0.2) is 0 Å². The van der Waals surface area contributed by atoms with E-state index < -0.39 is 0 Å². The van der Waals surface area contributed by atoms with E-state index in [0.29, 0.717) is 0 Å². The molecule has 3 nitrogen and oxygen atoms in total. The first-order valence-electron chi connectivity index (χ1n) is 8.04. The molecule has 0 aromatic heterocycles. The minimum absolute atomic E-state index is 0.162. The van der Waals surface area contributed by atoms with Gasteiger partial charge in [-0.2, -0.15) is 0 Å². The molecule has 0 amide bonds. The lowest BCUT2D eigenvalue weighted by Gasteiger charge is -2.25. The molecular formula is C19H24N2O. The number of likely N-dealkylation sites (tertiary alicyclic amines) is 1. The molecule has 0 aliphatic carbocycles. The van der Waals surface area contributed by atoms with E-state index in [-0.39, 0.29) is 12.1 Å². The Labute approximate surface area is 132 Å². The largest absolute Gasteiger partial charge is 0.392 e. The first kappa shape index (κ1) is 15.2. The van der Waals surface area contributed by atoms with Crippen molar-refractivity contribution in [1.82, 2.24) is 10.2 Å². The van der Waals surface area contributed by atoms with Crippen molar-refractivity contribution in [3.63, 3.8) is 0 Å². The predicted molar refractivity (Wildman–Crippen MR) is 89.5 cm³/mol. The number of aliphatic hydroxyl groups is 1. The van der Waals surface area contributed by atoms with E-state index >= 15 is 0 Å². The van der Waals surface area contributed by atoms with Crippen molar-refractivity contribution in [1.29, 1.82) is 0 Å². The number of benzene rings is 2. The Balaban J connectivity index is 1.66. The molecule has 1 aliphatic heterocycles. The van der Waals surface area contributed by atoms with E-state index in [0.717, 1.165) is 32.6 Å². The third-order valence-corrected chi connectivity index (χ3v) is 4.29. The minimum atomic E-state index is -0.162. The predicted octanol–water partition coefficient (Wildman–Crippen LogP) is 2.58. The maximum Gasteiger partial charge on any atom is 0.0679 e. The second kappa shape index (κ2) is 7.54. The lowest BCUT2D eigenvalue weighted by atomic mass is 10.1. The number of hydrogen-bond donors (Lipinski definition) is 2. The molecule has 0 radical (unpaired) electrons. The molecule has 2 atom stereocenters. The van der Waals surface area contributed by atoms with Crippen molar-refractivity contribution in [2.75, 3.05) is 19.6 Å². The van der Waals surface area contributed by atoms with Crippen molar-refractivity contribution in [3.05, 3.63) is 71.8 Å². The van der Waals surface area contributed by atoms with Gasteiger partial charge in [0.2, 0.25) is 0 Å². The van der Waals surface area contributed by atoms with E-state index in [2.05, 4.69) is 64.8 Å². The average molecular weight is 296 g/mol. The maximum atomic E-state index is 9.73. The van der Waals surface area contributed by atoms with E-state index in [4.69, 9.17) is 0 Å². The Hall–Kier alpha value is -1.68. The molecule has 0 spiro atoms. The van der Waals surface area contributed by atoms with Crippen LogP contribution >= 0.6 is 0 Å². The van der Waals surface area contributed by atoms with Crippen LogP contribution in [0.4, 0.5) is 0 Å². The Kier molecular flexibility index (Phi) is 5.22. The third-order valence-electron chi connectivity index (χ3n) is 4.29. The number of nitrogens with one attached hydrogen (secondary N) is 1. The molecule has 3 rings (SSSR count). The fraction of sp³-hybridized carbons (Fsp3) is 0.368. The van der Waals surface area contributed by atoms with Gasteiger partial charge in [0.05, 0.1) is 6.10 Å². The van der Waals surface area contributed by atoms with Crippen LogP contribution < -0.4 is 5.32 Å². The van der Waals surface area contributed by atoms with Crippen molar-refractivity contribution in [3.8, 4) is 0 Å². The number of aliphatic hydroxyl groups excluding tert-OH is 1. The van der Waals surface area contributed by atoms with Crippen LogP contribution in [-0.2, 0) is 6.54 Å². The van der Waals surface area contributed by atoms with Gasteiger partial charge in [-0.3, -0.25) is 4.90 Å². The van der Waals surface area contributed by atoms with Crippen molar-refractivity contribution in [2.45, 2.75) is 25.1 Å². The molecule has 1 saturated heterocycles. The lowest BCUT2D eigenvalue weighted by Crippen LogP contribution is -2.34. The molecule has 2 aromatic rings. The molecular weight excluding hydrogens is 272 g/mol. The van der Waals surface area contributed by atoms with Crippen molar-refractivity contribution in [2.24, 2.45) is 0 Å². The van der Waals surface area contributed by atoms with Crippen LogP contribution in [0.1, 0.15) is 23.6 Å². The van der Waals surface area contributed by atoms with E-state index in [1.54, 1.807) is 0 Å². The molecule has 3 heteroatoms. The summed E-state index contributed by atoms with van der Waals surface area (Å²) in [5.41, 5.74) is 2.60. The quantitative estimate of drug-likeness (QED) is 0.860. The van der Waals surface area contributed by atoms with Gasteiger partial charge in [-0.25, -0.2) is 0 Å². The van der Waals surface area contributed by atoms with Gasteiger partial charge in [-0.1, -0.05) is 60.7 Å². The summed E-state index contributed by atoms with van der Waals surface area (Å²) < 4.78 is 0. The summed E-state index contributed by atoms with van der Waals surface area (Å²) in [5.74, 6) is 0. The first-order valence-corrected chi connectivity index (χ1v) is 8.04. The van der Waals surface area contributed by atoms with Gasteiger partial charge in [0, 0.05) is 32.2 Å². The van der Waals surface area contributed by atoms with Gasteiger partial charge in [-0.15, -0.1) is 0 Å². The lowest BCUT2D eigenvalue weighted by molar-refractivity contribution is 0.172. The Morgan fingerprint density at radius 3 is 2.36 bits per heavy atom. The zero-order valence-corrected chi connectivity index (χ0v) is 12.9. The smallest absolute Gasteiger partial charge is 0.0679 e. The van der Waals surface area contributed by atoms with E-state index in [1.165, 1.54) is 11.1 Å². The van der Waals surface area contributed by atoms with Crippen LogP contribution in [-0.4, -0.2) is 35.7 Å². The van der Waals surface area contributed by atoms with Crippen LogP contribution in [0.25, 0.3) is 0 Å². The van der Waals surface area contributed by atoms with Crippen LogP contribution in [0.3, 0.4) is 0 Å². The zero-order chi connectivity index (χ0) is 15.2. The Morgan fingerprint density at radius 1 is 1.05 bits per heavy atom. The monoisotopic (exact) mass is 296 g/mol. The summed E-state index contributed by atoms with van der Waals surface area (Å²) in [6.07, 6.45) is 0.728. The summed E-state index contributed by atoms with van der Waals surface area (Å²) in [4.78, 5) is 2.35. The second-order valence-corrected chi connectivity index (χ2v) is 6.03. The highest BCUT2D eigenvalue weighted by molar-refractivity contribution is 5.20. The fourth-order valence-electron chi connectivity index (χ4n) is 3.05. The fourth-order valence-corrected chi connectivity index (χ4v) is 3.05. The van der Waals surface area contributed by atoms with Gasteiger partial charge in [0.25, 0.3) is 0 Å². The van der Waals surface area contributed by atoms with Gasteiger partial charge in [0.1, 0.15) is 0 Å². The summed E-state index contributed by atoms with van der Waals surface area (Å²) >= 11 is 0. The van der Waals surface area contributed by atoms with Gasteiger partial charge in [-0.05, 0) is 17.5 Å². The third kappa shape index (κ3) is 4.17. The van der Waals surface area contributed by atoms with Crippen LogP contribution in [0, 0.1) is 0 Å². The SMILES string of the molecule is O[C@H]1CCN(C[C@@H](NCc2ccccc2)c2ccccc2)C1. The molecule has 0 saturated carbocycles. The Morgan fingerprint density at radius 2 is 1.73 bits per heavy atom. The van der Waals surface area contributed by atoms with E-state index in [1.807, 2.05) is 6.07 Å². The standard InChI is InChI=1S/C19H24N2O/c22-18-11-12-21(14-18)15-19(17-9-5-2-6-10-17)20-13-16-7-3-1-4-8-16/h1-10,18-20,22H,11-15H2/t18-,19+/m0/s1. The molecule has 0 unspecified atom stereocenters. The number of β-amino-alcohol motifs (C(OH)–C–C–N with tert-alkyl or cyclic N) is 1. The highest BCUT2D eigenvalue weighted by Gasteiger charge is 2.23. The molecule has 116 valence electrons. The van der Waals surface area contributed by atoms with Crippen LogP contribution in [0.5, 0.6) is 0 Å². The maximum absolute atomic E-state index is 9.73. The zero-order valence-electron chi connectivity index (χ0n) is 12.9. The number of nitrogens with zero attached hydrogens (tertiary/aromatic N) is 1. The Bertz CT molecular complexity index is 558. The highest BCUT2D eigenvalue weighted by Crippen LogP contribution is 2.18. The second-order valence-electron chi connectivity index (χ2n) is 6.03. The number of rotatable bonds is 6. The molecule has 1 heterocycles. The van der Waals surface area contributed by atoms with Gasteiger partial charge < -0.3 is 10.4 Å². The minimum Gasteiger partial charge on any atom is -0.392 e. The normalized spacial score (nSPS) is 20.1. The molecule has 0 bridgehead atoms. The average Bonchev–Trinajstić information content (AvgIpc) is 2.98. The summed E-state index contributed by atoms with van der Waals surface area (Å²) in [7, 11) is 0. The topological polar surface area (TPSA) is 35.5 Å². The van der Waals surface area contributed by atoms with Crippen molar-refractivity contribution < 1.29 is 5.11 Å². The molecule has 2 aromatic carbocycles. The molecule has 1 aliphatic rings. The molecule has 22 heavy (non-hydrogen) atoms. The molecule has 1 fully saturated rings. The van der Waals surface area contributed by atoms with Gasteiger partial charge >= 0.3 is 0 Å². The van der Waals surface area contributed by atoms with Crippen LogP contribution in [0.15, 0.2) is 60.7 Å². The summed E-state index contributed by atoms with van der Waals surface area (Å²) in [6, 6.07) is 21.4. The molecule has 2 N–H and O–H groups in total. The van der Waals surface area contributed by atoms with Crippen molar-refractivity contribution >= 4 is 0 Å².